The predicted octanol–water partition coefficient (Wildman–Crippen LogP) is 0.789. The third-order valence-electron chi connectivity index (χ3n) is 1.40. The van der Waals surface area contributed by atoms with E-state index < -0.39 is 0 Å². The zero-order valence-corrected chi connectivity index (χ0v) is 4.94. The van der Waals surface area contributed by atoms with Gasteiger partial charge in [-0.2, -0.15) is 0 Å². The van der Waals surface area contributed by atoms with E-state index in [0.29, 0.717) is 0 Å². The maximum atomic E-state index is 10.6. The molecule has 0 aliphatic carbocycles. The fourth-order valence-electron chi connectivity index (χ4n) is 0.904. The van der Waals surface area contributed by atoms with Crippen LogP contribution in [0.2, 0.25) is 0 Å². The summed E-state index contributed by atoms with van der Waals surface area (Å²) < 4.78 is 0. The highest BCUT2D eigenvalue weighted by atomic mass is 16.1. The Morgan fingerprint density at radius 2 is 2.25 bits per heavy atom. The van der Waals surface area contributed by atoms with Gasteiger partial charge in [-0.05, 0) is 12.8 Å². The zero-order valence-electron chi connectivity index (χ0n) is 5.94. The number of rotatable bonds is 0. The number of hydrogen-bond acceptors (Lipinski definition) is 1. The number of amides is 1. The molecule has 0 unspecified atom stereocenters. The van der Waals surface area contributed by atoms with E-state index >= 15 is 0 Å². The molecule has 0 aromatic carbocycles. The minimum Gasteiger partial charge on any atom is -0.356 e. The number of carbonyl (C=O) groups is 1. The molecular weight excluding hydrogens is 102 g/mol. The van der Waals surface area contributed by atoms with Gasteiger partial charge in [0.2, 0.25) is 5.91 Å². The van der Waals surface area contributed by atoms with E-state index in [9.17, 15) is 4.79 Å². The van der Waals surface area contributed by atoms with Crippen LogP contribution in [0.1, 0.15) is 27.1 Å². The minimum absolute atomic E-state index is 0. The van der Waals surface area contributed by atoms with Crippen LogP contribution in [0, 0.1) is 0 Å². The van der Waals surface area contributed by atoms with Crippen molar-refractivity contribution in [2.75, 3.05) is 6.54 Å². The molecular formula is C6H12NO+. The van der Waals surface area contributed by atoms with Gasteiger partial charge in [-0.1, -0.05) is 6.42 Å². The fourth-order valence-corrected chi connectivity index (χ4v) is 0.904. The van der Waals surface area contributed by atoms with Gasteiger partial charge in [0, 0.05) is 13.0 Å². The molecule has 0 saturated carbocycles. The maximum absolute atomic E-state index is 10.6. The van der Waals surface area contributed by atoms with Gasteiger partial charge in [-0.3, -0.25) is 4.79 Å². The van der Waals surface area contributed by atoms with E-state index in [4.69, 9.17) is 0 Å². The molecule has 1 rings (SSSR count). The fraction of sp³-hybridized carbons (Fsp3) is 0.833. The molecule has 1 saturated heterocycles. The Hall–Kier alpha value is -0.530. The van der Waals surface area contributed by atoms with Crippen LogP contribution < -0.4 is 5.32 Å². The molecule has 1 amide bonds. The highest BCUT2D eigenvalue weighted by Gasteiger charge is 2.03. The summed E-state index contributed by atoms with van der Waals surface area (Å²) in [7, 11) is 0. The molecule has 8 heavy (non-hydrogen) atoms. The molecule has 1 heterocycles. The van der Waals surface area contributed by atoms with Crippen molar-refractivity contribution in [2.24, 2.45) is 0 Å². The molecule has 1 N–H and O–H groups in total. The summed E-state index contributed by atoms with van der Waals surface area (Å²) in [5, 5.41) is 2.81. The highest BCUT2D eigenvalue weighted by molar-refractivity contribution is 5.75. The van der Waals surface area contributed by atoms with Gasteiger partial charge < -0.3 is 5.32 Å². The first kappa shape index (κ1) is 5.60. The van der Waals surface area contributed by atoms with E-state index in [1.54, 1.807) is 0 Å². The number of carbonyl (C=O) groups excluding carboxylic acids is 1. The Morgan fingerprint density at radius 3 is 3.12 bits per heavy atom. The molecule has 1 fully saturated rings. The third kappa shape index (κ3) is 1.52. The van der Waals surface area contributed by atoms with Crippen molar-refractivity contribution in [3.8, 4) is 0 Å². The molecule has 1 aliphatic heterocycles. The summed E-state index contributed by atoms with van der Waals surface area (Å²) in [6, 6.07) is 0. The van der Waals surface area contributed by atoms with Gasteiger partial charge in [-0.15, -0.1) is 0 Å². The van der Waals surface area contributed by atoms with Gasteiger partial charge in [0.05, 0.1) is 0 Å². The third-order valence-corrected chi connectivity index (χ3v) is 1.40. The molecule has 2 heteroatoms. The molecule has 0 aromatic heterocycles. The smallest absolute Gasteiger partial charge is 0.356 e. The van der Waals surface area contributed by atoms with E-state index in [2.05, 4.69) is 5.32 Å². The first-order chi connectivity index (χ1) is 3.89. The topological polar surface area (TPSA) is 29.1 Å². The summed E-state index contributed by atoms with van der Waals surface area (Å²) in [5.74, 6) is 0.225. The Balaban J connectivity index is 0.000000640. The molecule has 1 aliphatic rings. The van der Waals surface area contributed by atoms with E-state index in [1.165, 1.54) is 6.42 Å². The van der Waals surface area contributed by atoms with Crippen molar-refractivity contribution in [1.82, 2.24) is 5.32 Å². The van der Waals surface area contributed by atoms with Crippen LogP contribution in [0.4, 0.5) is 0 Å². The van der Waals surface area contributed by atoms with Gasteiger partial charge >= 0.3 is 1.43 Å². The lowest BCUT2D eigenvalue weighted by molar-refractivity contribution is -0.120. The molecule has 46 valence electrons. The van der Waals surface area contributed by atoms with Crippen molar-refractivity contribution in [1.29, 1.82) is 0 Å². The summed E-state index contributed by atoms with van der Waals surface area (Å²) in [4.78, 5) is 10.6. The van der Waals surface area contributed by atoms with Crippen LogP contribution in [-0.4, -0.2) is 12.5 Å². The lowest BCUT2D eigenvalue weighted by Crippen LogP contribution is -2.21. The summed E-state index contributed by atoms with van der Waals surface area (Å²) in [6.45, 7) is 0.888. The highest BCUT2D eigenvalue weighted by Crippen LogP contribution is 2.02. The molecule has 2 nitrogen and oxygen atoms in total. The van der Waals surface area contributed by atoms with Crippen molar-refractivity contribution >= 4 is 5.91 Å². The van der Waals surface area contributed by atoms with Crippen LogP contribution in [-0.2, 0) is 4.79 Å². The molecule has 0 aromatic rings. The van der Waals surface area contributed by atoms with Gasteiger partial charge in [-0.25, -0.2) is 0 Å². The van der Waals surface area contributed by atoms with Gasteiger partial charge in [0.1, 0.15) is 0 Å². The summed E-state index contributed by atoms with van der Waals surface area (Å²) >= 11 is 0. The van der Waals surface area contributed by atoms with Crippen LogP contribution in [0.25, 0.3) is 0 Å². The van der Waals surface area contributed by atoms with Gasteiger partial charge in [0.15, 0.2) is 0 Å². The van der Waals surface area contributed by atoms with Crippen molar-refractivity contribution < 1.29 is 6.22 Å². The molecule has 0 radical (unpaired) electrons. The molecule has 0 spiro atoms. The molecule has 0 atom stereocenters. The van der Waals surface area contributed by atoms with Crippen LogP contribution >= 0.6 is 0 Å². The standard InChI is InChI=1S/C6H11NO/c8-6-4-2-1-3-5-7-6/h1-5H2,(H,7,8)/p+1. The number of nitrogens with one attached hydrogen (secondary N) is 1. The normalized spacial score (nSPS) is 21.8. The second kappa shape index (κ2) is 2.70. The zero-order chi connectivity index (χ0) is 5.82. The van der Waals surface area contributed by atoms with Crippen molar-refractivity contribution in [2.45, 2.75) is 25.7 Å². The summed E-state index contributed by atoms with van der Waals surface area (Å²) in [6.07, 6.45) is 4.18. The van der Waals surface area contributed by atoms with Crippen molar-refractivity contribution in [3.05, 3.63) is 0 Å². The maximum Gasteiger partial charge on any atom is 1.00 e. The average Bonchev–Trinajstić information content (AvgIpc) is 1.94. The lowest BCUT2D eigenvalue weighted by Gasteiger charge is -1.93. The monoisotopic (exact) mass is 114 g/mol. The predicted molar refractivity (Wildman–Crippen MR) is 32.6 cm³/mol. The lowest BCUT2D eigenvalue weighted by atomic mass is 10.2. The largest absolute Gasteiger partial charge is 1.00 e. The van der Waals surface area contributed by atoms with Crippen LogP contribution in [0.5, 0.6) is 0 Å². The van der Waals surface area contributed by atoms with E-state index in [1.807, 2.05) is 0 Å². The Morgan fingerprint density at radius 1 is 1.38 bits per heavy atom. The SMILES string of the molecule is O=C1CCCCCN1.[H+]. The van der Waals surface area contributed by atoms with Crippen molar-refractivity contribution in [3.63, 3.8) is 0 Å². The first-order valence-corrected chi connectivity index (χ1v) is 3.16. The van der Waals surface area contributed by atoms with E-state index in [0.717, 1.165) is 25.8 Å². The van der Waals surface area contributed by atoms with Crippen LogP contribution in [0.3, 0.4) is 0 Å². The average molecular weight is 114 g/mol. The second-order valence-corrected chi connectivity index (χ2v) is 2.16. The van der Waals surface area contributed by atoms with E-state index in [-0.39, 0.29) is 7.33 Å². The first-order valence-electron chi connectivity index (χ1n) is 3.16. The van der Waals surface area contributed by atoms with Gasteiger partial charge in [0.25, 0.3) is 0 Å². The quantitative estimate of drug-likeness (QED) is 0.495. The number of hydrogen-bond donors (Lipinski definition) is 1. The molecule has 0 bridgehead atoms. The minimum atomic E-state index is 0. The summed E-state index contributed by atoms with van der Waals surface area (Å²) in [5.41, 5.74) is 0. The Bertz CT molecular complexity index is 85.1. The van der Waals surface area contributed by atoms with Crippen LogP contribution in [0.15, 0.2) is 0 Å². The second-order valence-electron chi connectivity index (χ2n) is 2.16. The Kier molecular flexibility index (Phi) is 1.89. The Labute approximate surface area is 50.8 Å².